The molecule has 5 nitrogen and oxygen atoms in total. The summed E-state index contributed by atoms with van der Waals surface area (Å²) in [6, 6.07) is 9.60. The number of nitro groups is 1. The lowest BCUT2D eigenvalue weighted by Crippen LogP contribution is -1.99. The van der Waals surface area contributed by atoms with E-state index in [2.05, 4.69) is 0 Å². The second-order valence-corrected chi connectivity index (χ2v) is 4.65. The molecule has 1 N–H and O–H groups in total. The maximum Gasteiger partial charge on any atom is 0.335 e. The molecule has 0 bridgehead atoms. The van der Waals surface area contributed by atoms with Gasteiger partial charge in [0.2, 0.25) is 0 Å². The first kappa shape index (κ1) is 13.7. The molecule has 20 heavy (non-hydrogen) atoms. The molecule has 102 valence electrons. The van der Waals surface area contributed by atoms with Gasteiger partial charge < -0.3 is 5.11 Å². The Morgan fingerprint density at radius 1 is 1.15 bits per heavy atom. The maximum absolute atomic E-state index is 11.1. The predicted molar refractivity (Wildman–Crippen MR) is 75.0 cm³/mol. The Hall–Kier alpha value is -2.69. The molecular formula is C15H13NO4. The molecule has 0 heterocycles. The van der Waals surface area contributed by atoms with Gasteiger partial charge in [-0.2, -0.15) is 0 Å². The van der Waals surface area contributed by atoms with E-state index < -0.39 is 10.9 Å². The molecule has 0 aromatic heterocycles. The van der Waals surface area contributed by atoms with Gasteiger partial charge in [-0.1, -0.05) is 23.8 Å². The summed E-state index contributed by atoms with van der Waals surface area (Å²) in [4.78, 5) is 21.4. The molecule has 0 aliphatic carbocycles. The smallest absolute Gasteiger partial charge is 0.335 e. The van der Waals surface area contributed by atoms with Crippen LogP contribution in [0.4, 0.5) is 5.69 Å². The molecule has 0 saturated heterocycles. The molecule has 0 spiro atoms. The number of carbonyl (C=O) groups is 1. The van der Waals surface area contributed by atoms with E-state index in [-0.39, 0.29) is 11.3 Å². The molecule has 2 aromatic carbocycles. The number of benzene rings is 2. The summed E-state index contributed by atoms with van der Waals surface area (Å²) in [6.07, 6.45) is 0. The molecule has 2 aromatic rings. The molecule has 0 atom stereocenters. The Kier molecular flexibility index (Phi) is 3.52. The van der Waals surface area contributed by atoms with Gasteiger partial charge in [0.25, 0.3) is 5.69 Å². The quantitative estimate of drug-likeness (QED) is 0.683. The Labute approximate surface area is 115 Å². The van der Waals surface area contributed by atoms with Crippen molar-refractivity contribution < 1.29 is 14.8 Å². The number of aromatic carboxylic acids is 1. The van der Waals surface area contributed by atoms with Crippen molar-refractivity contribution in [2.24, 2.45) is 0 Å². The van der Waals surface area contributed by atoms with E-state index >= 15 is 0 Å². The second kappa shape index (κ2) is 5.13. The van der Waals surface area contributed by atoms with Crippen molar-refractivity contribution in [3.63, 3.8) is 0 Å². The van der Waals surface area contributed by atoms with Crippen LogP contribution in [0, 0.1) is 24.0 Å². The van der Waals surface area contributed by atoms with Crippen LogP contribution in [-0.4, -0.2) is 16.0 Å². The number of aryl methyl sites for hydroxylation is 2. The van der Waals surface area contributed by atoms with Gasteiger partial charge in [0, 0.05) is 12.1 Å². The highest BCUT2D eigenvalue weighted by molar-refractivity contribution is 5.91. The lowest BCUT2D eigenvalue weighted by molar-refractivity contribution is -0.384. The molecule has 0 aliphatic rings. The van der Waals surface area contributed by atoms with Crippen LogP contribution in [0.15, 0.2) is 36.4 Å². The minimum atomic E-state index is -1.18. The van der Waals surface area contributed by atoms with Crippen LogP contribution >= 0.6 is 0 Å². The summed E-state index contributed by atoms with van der Waals surface area (Å²) in [5.41, 5.74) is 3.04. The summed E-state index contributed by atoms with van der Waals surface area (Å²) in [5.74, 6) is -1.18. The fourth-order valence-electron chi connectivity index (χ4n) is 2.13. The van der Waals surface area contributed by atoms with Crippen molar-refractivity contribution in [2.75, 3.05) is 0 Å². The summed E-state index contributed by atoms with van der Waals surface area (Å²) in [7, 11) is 0. The zero-order valence-corrected chi connectivity index (χ0v) is 11.1. The average molecular weight is 271 g/mol. The first-order valence-electron chi connectivity index (χ1n) is 5.99. The molecule has 0 fully saturated rings. The van der Waals surface area contributed by atoms with Crippen LogP contribution in [0.2, 0.25) is 0 Å². The van der Waals surface area contributed by atoms with Gasteiger partial charge in [0.1, 0.15) is 0 Å². The summed E-state index contributed by atoms with van der Waals surface area (Å²) < 4.78 is 0. The van der Waals surface area contributed by atoms with Crippen LogP contribution in [0.25, 0.3) is 11.1 Å². The number of carboxylic acids is 1. The minimum absolute atomic E-state index is 0.0887. The number of carboxylic acid groups (broad SMARTS) is 1. The number of nitrogens with zero attached hydrogens (tertiary/aromatic N) is 1. The Morgan fingerprint density at radius 2 is 1.85 bits per heavy atom. The first-order chi connectivity index (χ1) is 9.38. The lowest BCUT2D eigenvalue weighted by Gasteiger charge is -2.08. The third kappa shape index (κ3) is 2.66. The van der Waals surface area contributed by atoms with Crippen molar-refractivity contribution in [3.05, 3.63) is 63.2 Å². The largest absolute Gasteiger partial charge is 0.478 e. The van der Waals surface area contributed by atoms with E-state index in [1.165, 1.54) is 12.1 Å². The monoisotopic (exact) mass is 271 g/mol. The average Bonchev–Trinajstić information content (AvgIpc) is 2.38. The minimum Gasteiger partial charge on any atom is -0.478 e. The highest BCUT2D eigenvalue weighted by Gasteiger charge is 2.15. The zero-order chi connectivity index (χ0) is 14.9. The molecule has 0 aliphatic heterocycles. The van der Waals surface area contributed by atoms with Crippen molar-refractivity contribution >= 4 is 11.7 Å². The van der Waals surface area contributed by atoms with Gasteiger partial charge >= 0.3 is 5.97 Å². The van der Waals surface area contributed by atoms with Gasteiger partial charge in [0.05, 0.1) is 10.5 Å². The van der Waals surface area contributed by atoms with Gasteiger partial charge in [-0.05, 0) is 36.6 Å². The number of rotatable bonds is 3. The van der Waals surface area contributed by atoms with Crippen molar-refractivity contribution in [3.8, 4) is 11.1 Å². The number of hydrogen-bond donors (Lipinski definition) is 1. The first-order valence-corrected chi connectivity index (χ1v) is 5.99. The van der Waals surface area contributed by atoms with Crippen LogP contribution < -0.4 is 0 Å². The lowest BCUT2D eigenvalue weighted by atomic mass is 9.97. The Balaban J connectivity index is 2.66. The molecule has 0 amide bonds. The van der Waals surface area contributed by atoms with E-state index in [0.29, 0.717) is 5.56 Å². The summed E-state index contributed by atoms with van der Waals surface area (Å²) in [5, 5.41) is 20.0. The van der Waals surface area contributed by atoms with E-state index in [1.54, 1.807) is 0 Å². The maximum atomic E-state index is 11.1. The standard InChI is InChI=1S/C15H13NO4/c1-9-3-4-14(10(2)5-9)11-6-12(15(17)18)8-13(7-11)16(19)20/h3-8H,1-2H3,(H,17,18). The topological polar surface area (TPSA) is 80.4 Å². The molecule has 2 rings (SSSR count). The second-order valence-electron chi connectivity index (χ2n) is 4.65. The fraction of sp³-hybridized carbons (Fsp3) is 0.133. The molecule has 0 radical (unpaired) electrons. The Morgan fingerprint density at radius 3 is 2.40 bits per heavy atom. The normalized spacial score (nSPS) is 10.3. The number of nitro benzene ring substituents is 1. The molecular weight excluding hydrogens is 258 g/mol. The zero-order valence-electron chi connectivity index (χ0n) is 11.1. The highest BCUT2D eigenvalue weighted by atomic mass is 16.6. The highest BCUT2D eigenvalue weighted by Crippen LogP contribution is 2.29. The van der Waals surface area contributed by atoms with Crippen LogP contribution in [0.1, 0.15) is 21.5 Å². The Bertz CT molecular complexity index is 675. The molecule has 0 unspecified atom stereocenters. The number of hydrogen-bond acceptors (Lipinski definition) is 3. The summed E-state index contributed by atoms with van der Waals surface area (Å²) >= 11 is 0. The molecule has 0 saturated carbocycles. The van der Waals surface area contributed by atoms with E-state index in [4.69, 9.17) is 5.11 Å². The summed E-state index contributed by atoms with van der Waals surface area (Å²) in [6.45, 7) is 3.84. The van der Waals surface area contributed by atoms with Crippen molar-refractivity contribution in [1.82, 2.24) is 0 Å². The van der Waals surface area contributed by atoms with Crippen LogP contribution in [-0.2, 0) is 0 Å². The van der Waals surface area contributed by atoms with E-state index in [9.17, 15) is 14.9 Å². The SMILES string of the molecule is Cc1ccc(-c2cc(C(=O)O)cc([N+](=O)[O-])c2)c(C)c1. The van der Waals surface area contributed by atoms with Gasteiger partial charge in [-0.15, -0.1) is 0 Å². The number of non-ortho nitro benzene ring substituents is 1. The van der Waals surface area contributed by atoms with Crippen molar-refractivity contribution in [2.45, 2.75) is 13.8 Å². The van der Waals surface area contributed by atoms with Gasteiger partial charge in [-0.25, -0.2) is 4.79 Å². The third-order valence-corrected chi connectivity index (χ3v) is 3.07. The van der Waals surface area contributed by atoms with Gasteiger partial charge in [-0.3, -0.25) is 10.1 Å². The molecule has 5 heteroatoms. The predicted octanol–water partition coefficient (Wildman–Crippen LogP) is 3.58. The van der Waals surface area contributed by atoms with E-state index in [0.717, 1.165) is 22.8 Å². The van der Waals surface area contributed by atoms with Gasteiger partial charge in [0.15, 0.2) is 0 Å². The van der Waals surface area contributed by atoms with Crippen LogP contribution in [0.3, 0.4) is 0 Å². The third-order valence-electron chi connectivity index (χ3n) is 3.07. The van der Waals surface area contributed by atoms with Crippen LogP contribution in [0.5, 0.6) is 0 Å². The van der Waals surface area contributed by atoms with Crippen molar-refractivity contribution in [1.29, 1.82) is 0 Å². The van der Waals surface area contributed by atoms with E-state index in [1.807, 2.05) is 32.0 Å². The fourth-order valence-corrected chi connectivity index (χ4v) is 2.13.